The van der Waals surface area contributed by atoms with Crippen LogP contribution in [-0.4, -0.2) is 30.1 Å². The molecule has 0 spiro atoms. The predicted octanol–water partition coefficient (Wildman–Crippen LogP) is 3.34. The number of Topliss-reactive ketones (excluding diaryl/α,β-unsaturated/α-hetero) is 1. The topological polar surface area (TPSA) is 75.6 Å². The van der Waals surface area contributed by atoms with Gasteiger partial charge >= 0.3 is 5.97 Å². The number of benzene rings is 2. The number of carbonyl (C=O) groups is 2. The molecule has 2 aromatic carbocycles. The molecule has 5 nitrogen and oxygen atoms in total. The summed E-state index contributed by atoms with van der Waals surface area (Å²) in [6, 6.07) is 7.37. The number of carbonyl (C=O) groups excluding carboxylic acids is 2. The monoisotopic (exact) mass is 429 g/mol. The number of aliphatic hydroxyl groups is 1. The van der Waals surface area contributed by atoms with E-state index in [0.29, 0.717) is 11.8 Å². The van der Waals surface area contributed by atoms with Crippen LogP contribution < -0.4 is 5.32 Å². The van der Waals surface area contributed by atoms with E-state index in [1.165, 1.54) is 6.92 Å². The molecule has 0 heterocycles. The number of nitrogens with one attached hydrogen (secondary N) is 1. The van der Waals surface area contributed by atoms with Gasteiger partial charge in [0, 0.05) is 6.20 Å². The number of rotatable bonds is 8. The smallest absolute Gasteiger partial charge is 0.343 e. The minimum Gasteiger partial charge on any atom is -0.462 e. The van der Waals surface area contributed by atoms with Crippen molar-refractivity contribution in [2.45, 2.75) is 13.0 Å². The van der Waals surface area contributed by atoms with Crippen LogP contribution >= 0.6 is 0 Å². The van der Waals surface area contributed by atoms with Gasteiger partial charge in [0.2, 0.25) is 11.6 Å². The molecule has 0 aliphatic rings. The second-order valence-corrected chi connectivity index (χ2v) is 5.87. The highest BCUT2D eigenvalue weighted by atomic mass is 19.2. The van der Waals surface area contributed by atoms with Crippen molar-refractivity contribution in [3.05, 3.63) is 82.3 Å². The first-order chi connectivity index (χ1) is 14.2. The Morgan fingerprint density at radius 2 is 1.53 bits per heavy atom. The Balaban J connectivity index is 2.51. The summed E-state index contributed by atoms with van der Waals surface area (Å²) in [5.74, 6) is -15.0. The normalized spacial score (nSPS) is 12.4. The Morgan fingerprint density at radius 1 is 1.00 bits per heavy atom. The van der Waals surface area contributed by atoms with E-state index in [4.69, 9.17) is 0 Å². The number of ether oxygens (including phenoxy) is 1. The molecule has 0 saturated carbocycles. The third-order valence-electron chi connectivity index (χ3n) is 3.99. The number of hydrogen-bond donors (Lipinski definition) is 2. The van der Waals surface area contributed by atoms with Gasteiger partial charge in [-0.1, -0.05) is 30.3 Å². The fourth-order valence-corrected chi connectivity index (χ4v) is 2.49. The van der Waals surface area contributed by atoms with Crippen LogP contribution in [0, 0.1) is 29.1 Å². The zero-order chi connectivity index (χ0) is 22.4. The quantitative estimate of drug-likeness (QED) is 0.0984. The Morgan fingerprint density at radius 3 is 2.03 bits per heavy atom. The number of hydrogen-bond acceptors (Lipinski definition) is 5. The van der Waals surface area contributed by atoms with Gasteiger partial charge in [-0.05, 0) is 12.5 Å². The first kappa shape index (κ1) is 23.0. The molecule has 0 unspecified atom stereocenters. The molecule has 160 valence electrons. The molecule has 0 radical (unpaired) electrons. The largest absolute Gasteiger partial charge is 0.462 e. The SMILES string of the molecule is CCOC(=O)/C(=C\N[C@H](CO)c1ccccc1)C(=O)c1c(F)c(F)c(F)c(F)c1F. The summed E-state index contributed by atoms with van der Waals surface area (Å²) < 4.78 is 72.8. The molecule has 0 aromatic heterocycles. The molecule has 0 aliphatic heterocycles. The van der Waals surface area contributed by atoms with Crippen LogP contribution in [0.2, 0.25) is 0 Å². The van der Waals surface area contributed by atoms with E-state index in [1.807, 2.05) is 0 Å². The van der Waals surface area contributed by atoms with E-state index in [-0.39, 0.29) is 6.61 Å². The Labute approximate surface area is 167 Å². The van der Waals surface area contributed by atoms with Gasteiger partial charge in [0.25, 0.3) is 0 Å². The lowest BCUT2D eigenvalue weighted by Crippen LogP contribution is -2.25. The van der Waals surface area contributed by atoms with Crippen LogP contribution in [0.15, 0.2) is 42.1 Å². The highest BCUT2D eigenvalue weighted by molar-refractivity contribution is 6.24. The summed E-state index contributed by atoms with van der Waals surface area (Å²) in [6.07, 6.45) is 0.701. The van der Waals surface area contributed by atoms with Gasteiger partial charge in [-0.25, -0.2) is 26.7 Å². The Kier molecular flexibility index (Phi) is 7.65. The zero-order valence-electron chi connectivity index (χ0n) is 15.5. The number of aliphatic hydroxyl groups excluding tert-OH is 1. The molecule has 1 atom stereocenters. The molecule has 0 fully saturated rings. The summed E-state index contributed by atoms with van der Waals surface area (Å²) in [4.78, 5) is 24.7. The molecule has 2 rings (SSSR count). The van der Waals surface area contributed by atoms with Crippen molar-refractivity contribution in [3.8, 4) is 0 Å². The fourth-order valence-electron chi connectivity index (χ4n) is 2.49. The van der Waals surface area contributed by atoms with Crippen LogP contribution in [0.3, 0.4) is 0 Å². The highest BCUT2D eigenvalue weighted by Gasteiger charge is 2.33. The van der Waals surface area contributed by atoms with E-state index in [1.54, 1.807) is 30.3 Å². The Bertz CT molecular complexity index is 950. The van der Waals surface area contributed by atoms with E-state index < -0.39 is 64.6 Å². The van der Waals surface area contributed by atoms with Gasteiger partial charge < -0.3 is 15.2 Å². The molecular weight excluding hydrogens is 413 g/mol. The number of ketones is 1. The first-order valence-corrected chi connectivity index (χ1v) is 8.59. The van der Waals surface area contributed by atoms with Crippen molar-refractivity contribution in [1.29, 1.82) is 0 Å². The average Bonchev–Trinajstić information content (AvgIpc) is 2.74. The third kappa shape index (κ3) is 4.65. The van der Waals surface area contributed by atoms with E-state index in [2.05, 4.69) is 10.1 Å². The van der Waals surface area contributed by atoms with Crippen LogP contribution in [0.5, 0.6) is 0 Å². The van der Waals surface area contributed by atoms with Crippen molar-refractivity contribution in [2.24, 2.45) is 0 Å². The number of halogens is 5. The van der Waals surface area contributed by atoms with Crippen LogP contribution in [0.25, 0.3) is 0 Å². The standard InChI is InChI=1S/C20H16F5NO4/c1-2-30-20(29)11(8-26-12(9-27)10-6-4-3-5-7-10)19(28)13-14(21)16(23)18(25)17(24)15(13)22/h3-8,12,26-27H,2,9H2,1H3/b11-8-/t12-/m1/s1. The molecule has 0 aliphatic carbocycles. The highest BCUT2D eigenvalue weighted by Crippen LogP contribution is 2.25. The first-order valence-electron chi connectivity index (χ1n) is 8.59. The molecule has 30 heavy (non-hydrogen) atoms. The van der Waals surface area contributed by atoms with Crippen LogP contribution in [0.4, 0.5) is 22.0 Å². The van der Waals surface area contributed by atoms with Crippen LogP contribution in [-0.2, 0) is 9.53 Å². The maximum Gasteiger partial charge on any atom is 0.343 e. The van der Waals surface area contributed by atoms with E-state index in [0.717, 1.165) is 0 Å². The lowest BCUT2D eigenvalue weighted by atomic mass is 10.0. The maximum absolute atomic E-state index is 14.0. The van der Waals surface area contributed by atoms with Gasteiger partial charge in [0.15, 0.2) is 23.3 Å². The van der Waals surface area contributed by atoms with E-state index in [9.17, 15) is 36.6 Å². The fraction of sp³-hybridized carbons (Fsp3) is 0.200. The van der Waals surface area contributed by atoms with Gasteiger partial charge in [-0.2, -0.15) is 0 Å². The lowest BCUT2D eigenvalue weighted by Gasteiger charge is -2.16. The maximum atomic E-state index is 14.0. The van der Waals surface area contributed by atoms with Crippen molar-refractivity contribution in [3.63, 3.8) is 0 Å². The molecule has 2 aromatic rings. The lowest BCUT2D eigenvalue weighted by molar-refractivity contribution is -0.138. The summed E-state index contributed by atoms with van der Waals surface area (Å²) in [5, 5.41) is 12.0. The van der Waals surface area contributed by atoms with Gasteiger partial charge in [0.05, 0.1) is 19.3 Å². The van der Waals surface area contributed by atoms with Gasteiger partial charge in [-0.3, -0.25) is 4.79 Å². The summed E-state index contributed by atoms with van der Waals surface area (Å²) in [7, 11) is 0. The summed E-state index contributed by atoms with van der Waals surface area (Å²) in [6.45, 7) is 0.641. The second-order valence-electron chi connectivity index (χ2n) is 5.87. The van der Waals surface area contributed by atoms with Crippen LogP contribution in [0.1, 0.15) is 28.9 Å². The van der Waals surface area contributed by atoms with Crippen molar-refractivity contribution < 1.29 is 41.4 Å². The molecule has 2 N–H and O–H groups in total. The second kappa shape index (κ2) is 9.97. The van der Waals surface area contributed by atoms with Crippen molar-refractivity contribution >= 4 is 11.8 Å². The zero-order valence-corrected chi connectivity index (χ0v) is 15.5. The Hall–Kier alpha value is -3.27. The molecule has 10 heteroatoms. The van der Waals surface area contributed by atoms with Gasteiger partial charge in [-0.15, -0.1) is 0 Å². The van der Waals surface area contributed by atoms with Crippen molar-refractivity contribution in [2.75, 3.05) is 13.2 Å². The minimum atomic E-state index is -2.44. The minimum absolute atomic E-state index is 0.233. The summed E-state index contributed by atoms with van der Waals surface area (Å²) in [5.41, 5.74) is -2.29. The van der Waals surface area contributed by atoms with Crippen molar-refractivity contribution in [1.82, 2.24) is 5.32 Å². The van der Waals surface area contributed by atoms with E-state index >= 15 is 0 Å². The molecule has 0 amide bonds. The molecule has 0 saturated heterocycles. The summed E-state index contributed by atoms with van der Waals surface area (Å²) >= 11 is 0. The number of esters is 1. The average molecular weight is 429 g/mol. The molecule has 0 bridgehead atoms. The van der Waals surface area contributed by atoms with Gasteiger partial charge in [0.1, 0.15) is 11.1 Å². The molecular formula is C20H16F5NO4. The predicted molar refractivity (Wildman–Crippen MR) is 94.7 cm³/mol. The third-order valence-corrected chi connectivity index (χ3v) is 3.99.